The van der Waals surface area contributed by atoms with Gasteiger partial charge in [-0.25, -0.2) is 4.98 Å². The Bertz CT molecular complexity index is 350. The number of pyridine rings is 1. The molecule has 1 saturated heterocycles. The van der Waals surface area contributed by atoms with Crippen molar-refractivity contribution in [3.8, 4) is 0 Å². The smallest absolute Gasteiger partial charge is 0.126 e. The van der Waals surface area contributed by atoms with Crippen LogP contribution in [0, 0.1) is 6.92 Å². The molecule has 1 aromatic heterocycles. The second-order valence-corrected chi connectivity index (χ2v) is 4.54. The Labute approximate surface area is 103 Å². The Morgan fingerprint density at radius 1 is 1.41 bits per heavy atom. The fourth-order valence-corrected chi connectivity index (χ4v) is 2.04. The monoisotopic (exact) mass is 235 g/mol. The number of aromatic nitrogens is 1. The van der Waals surface area contributed by atoms with Crippen molar-refractivity contribution in [2.24, 2.45) is 0 Å². The van der Waals surface area contributed by atoms with Gasteiger partial charge in [0.25, 0.3) is 0 Å². The summed E-state index contributed by atoms with van der Waals surface area (Å²) in [4.78, 5) is 6.89. The summed E-state index contributed by atoms with van der Waals surface area (Å²) in [5, 5.41) is 3.39. The molecule has 0 amide bonds. The minimum absolute atomic E-state index is 0.515. The van der Waals surface area contributed by atoms with Gasteiger partial charge in [-0.2, -0.15) is 0 Å². The summed E-state index contributed by atoms with van der Waals surface area (Å²) >= 11 is 0. The van der Waals surface area contributed by atoms with Crippen molar-refractivity contribution in [3.63, 3.8) is 0 Å². The highest BCUT2D eigenvalue weighted by Crippen LogP contribution is 2.07. The van der Waals surface area contributed by atoms with Gasteiger partial charge in [0, 0.05) is 31.4 Å². The molecule has 0 bridgehead atoms. The number of nitrogens with zero attached hydrogens (tertiary/aromatic N) is 2. The molecule has 4 nitrogen and oxygen atoms in total. The third-order valence-electron chi connectivity index (χ3n) is 3.14. The summed E-state index contributed by atoms with van der Waals surface area (Å²) in [6.07, 6.45) is 0. The lowest BCUT2D eigenvalue weighted by Gasteiger charge is -2.32. The predicted molar refractivity (Wildman–Crippen MR) is 69.3 cm³/mol. The third kappa shape index (κ3) is 3.68. The molecular formula is C13H21N3O. The van der Waals surface area contributed by atoms with E-state index >= 15 is 0 Å². The Morgan fingerprint density at radius 2 is 2.18 bits per heavy atom. The molecule has 0 radical (unpaired) electrons. The fourth-order valence-electron chi connectivity index (χ4n) is 2.04. The van der Waals surface area contributed by atoms with Crippen LogP contribution in [0.3, 0.4) is 0 Å². The maximum Gasteiger partial charge on any atom is 0.126 e. The average Bonchev–Trinajstić information content (AvgIpc) is 2.37. The first-order valence-corrected chi connectivity index (χ1v) is 6.25. The van der Waals surface area contributed by atoms with Crippen molar-refractivity contribution < 1.29 is 4.74 Å². The summed E-state index contributed by atoms with van der Waals surface area (Å²) in [5.41, 5.74) is 1.05. The van der Waals surface area contributed by atoms with Crippen LogP contribution in [-0.4, -0.2) is 48.8 Å². The van der Waals surface area contributed by atoms with E-state index in [1.807, 2.05) is 25.1 Å². The molecule has 4 heteroatoms. The van der Waals surface area contributed by atoms with E-state index in [9.17, 15) is 0 Å². The van der Waals surface area contributed by atoms with Crippen molar-refractivity contribution in [1.82, 2.24) is 9.88 Å². The second-order valence-electron chi connectivity index (χ2n) is 4.54. The molecule has 0 aromatic carbocycles. The van der Waals surface area contributed by atoms with Crippen LogP contribution >= 0.6 is 0 Å². The quantitative estimate of drug-likeness (QED) is 0.858. The number of ether oxygens (including phenoxy) is 1. The van der Waals surface area contributed by atoms with Crippen LogP contribution in [0.25, 0.3) is 0 Å². The first kappa shape index (κ1) is 12.3. The molecule has 94 valence electrons. The maximum atomic E-state index is 5.35. The fraction of sp³-hybridized carbons (Fsp3) is 0.615. The first-order valence-electron chi connectivity index (χ1n) is 6.25. The predicted octanol–water partition coefficient (Wildman–Crippen LogP) is 1.52. The number of aryl methyl sites for hydroxylation is 1. The van der Waals surface area contributed by atoms with Gasteiger partial charge in [0.2, 0.25) is 0 Å². The molecule has 1 unspecified atom stereocenters. The lowest BCUT2D eigenvalue weighted by atomic mass is 10.2. The molecule has 1 aromatic rings. The Morgan fingerprint density at radius 3 is 2.88 bits per heavy atom. The van der Waals surface area contributed by atoms with E-state index in [2.05, 4.69) is 22.1 Å². The van der Waals surface area contributed by atoms with Gasteiger partial charge in [0.15, 0.2) is 0 Å². The number of morpholine rings is 1. The Balaban J connectivity index is 1.80. The number of anilines is 1. The number of nitrogens with one attached hydrogen (secondary N) is 1. The highest BCUT2D eigenvalue weighted by atomic mass is 16.5. The van der Waals surface area contributed by atoms with E-state index in [1.165, 1.54) is 0 Å². The van der Waals surface area contributed by atoms with E-state index in [-0.39, 0.29) is 0 Å². The zero-order valence-corrected chi connectivity index (χ0v) is 10.6. The van der Waals surface area contributed by atoms with Crippen LogP contribution < -0.4 is 5.32 Å². The van der Waals surface area contributed by atoms with E-state index < -0.39 is 0 Å². The number of hydrogen-bond acceptors (Lipinski definition) is 4. The molecule has 0 saturated carbocycles. The molecule has 1 aliphatic rings. The van der Waals surface area contributed by atoms with Gasteiger partial charge >= 0.3 is 0 Å². The second kappa shape index (κ2) is 5.98. The van der Waals surface area contributed by atoms with Crippen LogP contribution in [0.1, 0.15) is 12.6 Å². The van der Waals surface area contributed by atoms with Gasteiger partial charge < -0.3 is 10.1 Å². The van der Waals surface area contributed by atoms with E-state index in [0.29, 0.717) is 6.04 Å². The highest BCUT2D eigenvalue weighted by molar-refractivity contribution is 5.35. The van der Waals surface area contributed by atoms with Gasteiger partial charge in [0.05, 0.1) is 13.2 Å². The van der Waals surface area contributed by atoms with Gasteiger partial charge in [0.1, 0.15) is 5.82 Å². The van der Waals surface area contributed by atoms with E-state index in [4.69, 9.17) is 4.74 Å². The summed E-state index contributed by atoms with van der Waals surface area (Å²) in [6, 6.07) is 6.57. The maximum absolute atomic E-state index is 5.35. The van der Waals surface area contributed by atoms with Crippen LogP contribution in [0.15, 0.2) is 18.2 Å². The van der Waals surface area contributed by atoms with Gasteiger partial charge in [-0.3, -0.25) is 4.90 Å². The van der Waals surface area contributed by atoms with Crippen LogP contribution in [-0.2, 0) is 4.74 Å². The van der Waals surface area contributed by atoms with Crippen molar-refractivity contribution in [2.45, 2.75) is 19.9 Å². The summed E-state index contributed by atoms with van der Waals surface area (Å²) in [7, 11) is 0. The average molecular weight is 235 g/mol. The largest absolute Gasteiger partial charge is 0.379 e. The molecule has 1 aliphatic heterocycles. The SMILES string of the molecule is Cc1cccc(NCC(C)N2CCOCC2)n1. The molecule has 1 N–H and O–H groups in total. The molecule has 0 aliphatic carbocycles. The molecule has 1 atom stereocenters. The molecular weight excluding hydrogens is 214 g/mol. The lowest BCUT2D eigenvalue weighted by molar-refractivity contribution is 0.0227. The van der Waals surface area contributed by atoms with Gasteiger partial charge in [-0.15, -0.1) is 0 Å². The first-order chi connectivity index (χ1) is 8.25. The minimum Gasteiger partial charge on any atom is -0.379 e. The van der Waals surface area contributed by atoms with Crippen LogP contribution in [0.4, 0.5) is 5.82 Å². The molecule has 1 fully saturated rings. The topological polar surface area (TPSA) is 37.4 Å². The van der Waals surface area contributed by atoms with Gasteiger partial charge in [-0.05, 0) is 26.0 Å². The number of hydrogen-bond donors (Lipinski definition) is 1. The lowest BCUT2D eigenvalue weighted by Crippen LogP contribution is -2.45. The zero-order valence-electron chi connectivity index (χ0n) is 10.6. The van der Waals surface area contributed by atoms with Crippen molar-refractivity contribution in [3.05, 3.63) is 23.9 Å². The summed E-state index contributed by atoms with van der Waals surface area (Å²) < 4.78 is 5.35. The molecule has 2 heterocycles. The van der Waals surface area contributed by atoms with Crippen molar-refractivity contribution in [1.29, 1.82) is 0 Å². The van der Waals surface area contributed by atoms with E-state index in [0.717, 1.165) is 44.4 Å². The standard InChI is InChI=1S/C13H21N3O/c1-11-4-3-5-13(15-11)14-10-12(2)16-6-8-17-9-7-16/h3-5,12H,6-10H2,1-2H3,(H,14,15). The van der Waals surface area contributed by atoms with Crippen LogP contribution in [0.2, 0.25) is 0 Å². The summed E-state index contributed by atoms with van der Waals surface area (Å²) in [5.74, 6) is 0.963. The third-order valence-corrected chi connectivity index (χ3v) is 3.14. The molecule has 0 spiro atoms. The zero-order chi connectivity index (χ0) is 12.1. The highest BCUT2D eigenvalue weighted by Gasteiger charge is 2.16. The molecule has 17 heavy (non-hydrogen) atoms. The normalized spacial score (nSPS) is 18.9. The Kier molecular flexibility index (Phi) is 4.34. The number of rotatable bonds is 4. The van der Waals surface area contributed by atoms with E-state index in [1.54, 1.807) is 0 Å². The van der Waals surface area contributed by atoms with Gasteiger partial charge in [-0.1, -0.05) is 6.07 Å². The van der Waals surface area contributed by atoms with Crippen LogP contribution in [0.5, 0.6) is 0 Å². The minimum atomic E-state index is 0.515. The Hall–Kier alpha value is -1.13. The summed E-state index contributed by atoms with van der Waals surface area (Å²) in [6.45, 7) is 8.95. The van der Waals surface area contributed by atoms with Crippen molar-refractivity contribution in [2.75, 3.05) is 38.2 Å². The van der Waals surface area contributed by atoms with Crippen molar-refractivity contribution >= 4 is 5.82 Å². The molecule has 2 rings (SSSR count).